The molecule has 1 unspecified atom stereocenters. The van der Waals surface area contributed by atoms with Crippen LogP contribution in [0.15, 0.2) is 18.7 Å². The Balaban J connectivity index is 2.77. The van der Waals surface area contributed by atoms with E-state index in [-0.39, 0.29) is 5.97 Å². The fraction of sp³-hybridized carbons (Fsp3) is 0.600. The highest BCUT2D eigenvalue weighted by Crippen LogP contribution is 2.09. The van der Waals surface area contributed by atoms with Gasteiger partial charge >= 0.3 is 5.97 Å². The first-order valence-corrected chi connectivity index (χ1v) is 4.91. The van der Waals surface area contributed by atoms with Crippen molar-refractivity contribution in [3.05, 3.63) is 18.7 Å². The number of imidazole rings is 1. The Hall–Kier alpha value is -1.36. The Bertz CT molecular complexity index is 310. The summed E-state index contributed by atoms with van der Waals surface area (Å²) in [5, 5.41) is 3.12. The van der Waals surface area contributed by atoms with Gasteiger partial charge in [-0.15, -0.1) is 0 Å². The number of esters is 1. The van der Waals surface area contributed by atoms with Crippen molar-refractivity contribution < 1.29 is 9.53 Å². The smallest absolute Gasteiger partial charge is 0.327 e. The third kappa shape index (κ3) is 2.79. The van der Waals surface area contributed by atoms with Crippen LogP contribution in [-0.2, 0) is 16.1 Å². The van der Waals surface area contributed by atoms with E-state index in [2.05, 4.69) is 10.3 Å². The topological polar surface area (TPSA) is 56.2 Å². The molecule has 0 aliphatic carbocycles. The van der Waals surface area contributed by atoms with Crippen LogP contribution in [0.2, 0.25) is 0 Å². The minimum atomic E-state index is -0.704. The van der Waals surface area contributed by atoms with Gasteiger partial charge in [0, 0.05) is 12.4 Å². The van der Waals surface area contributed by atoms with E-state index in [1.54, 1.807) is 12.5 Å². The zero-order valence-electron chi connectivity index (χ0n) is 9.36. The van der Waals surface area contributed by atoms with Gasteiger partial charge in [-0.25, -0.2) is 9.78 Å². The summed E-state index contributed by atoms with van der Waals surface area (Å²) in [6.07, 6.45) is 5.18. The van der Waals surface area contributed by atoms with E-state index < -0.39 is 5.54 Å². The minimum Gasteiger partial charge on any atom is -0.468 e. The van der Waals surface area contributed by atoms with Crippen molar-refractivity contribution in [3.63, 3.8) is 0 Å². The summed E-state index contributed by atoms with van der Waals surface area (Å²) in [6.45, 7) is 4.99. The van der Waals surface area contributed by atoms with Crippen molar-refractivity contribution in [3.8, 4) is 0 Å². The van der Waals surface area contributed by atoms with Gasteiger partial charge in [0.05, 0.1) is 20.0 Å². The van der Waals surface area contributed by atoms with Crippen LogP contribution in [0.4, 0.5) is 0 Å². The summed E-state index contributed by atoms with van der Waals surface area (Å²) < 4.78 is 6.63. The molecule has 0 aromatic carbocycles. The molecule has 1 N–H and O–H groups in total. The lowest BCUT2D eigenvalue weighted by Gasteiger charge is -2.27. The molecular formula is C10H17N3O2. The zero-order chi connectivity index (χ0) is 11.3. The average molecular weight is 211 g/mol. The third-order valence-electron chi connectivity index (χ3n) is 2.26. The highest BCUT2D eigenvalue weighted by atomic mass is 16.5. The first-order chi connectivity index (χ1) is 7.12. The second kappa shape index (κ2) is 4.93. The molecule has 0 radical (unpaired) electrons. The molecule has 0 fully saturated rings. The van der Waals surface area contributed by atoms with Crippen molar-refractivity contribution in [1.82, 2.24) is 14.9 Å². The van der Waals surface area contributed by atoms with E-state index in [1.807, 2.05) is 24.6 Å². The lowest BCUT2D eigenvalue weighted by Crippen LogP contribution is -2.53. The van der Waals surface area contributed by atoms with Crippen LogP contribution in [0, 0.1) is 0 Å². The molecule has 15 heavy (non-hydrogen) atoms. The summed E-state index contributed by atoms with van der Waals surface area (Å²) in [5.74, 6) is -0.266. The number of hydrogen-bond donors (Lipinski definition) is 1. The Morgan fingerprint density at radius 2 is 2.40 bits per heavy atom. The highest BCUT2D eigenvalue weighted by molar-refractivity contribution is 5.80. The first-order valence-electron chi connectivity index (χ1n) is 4.91. The van der Waals surface area contributed by atoms with Crippen LogP contribution in [-0.4, -0.2) is 34.7 Å². The van der Waals surface area contributed by atoms with Gasteiger partial charge in [0.1, 0.15) is 5.54 Å². The summed E-state index contributed by atoms with van der Waals surface area (Å²) in [5.41, 5.74) is -0.704. The molecule has 1 aromatic rings. The molecule has 0 saturated carbocycles. The zero-order valence-corrected chi connectivity index (χ0v) is 9.36. The van der Waals surface area contributed by atoms with E-state index >= 15 is 0 Å². The van der Waals surface area contributed by atoms with Crippen molar-refractivity contribution in [1.29, 1.82) is 0 Å². The van der Waals surface area contributed by atoms with Crippen molar-refractivity contribution in [2.75, 3.05) is 13.7 Å². The maximum atomic E-state index is 11.6. The number of carbonyl (C=O) groups is 1. The number of rotatable bonds is 5. The van der Waals surface area contributed by atoms with Gasteiger partial charge in [-0.2, -0.15) is 0 Å². The number of aromatic nitrogens is 2. The van der Waals surface area contributed by atoms with Crippen LogP contribution >= 0.6 is 0 Å². The lowest BCUT2D eigenvalue weighted by molar-refractivity contribution is -0.148. The van der Waals surface area contributed by atoms with Gasteiger partial charge in [0.25, 0.3) is 0 Å². The number of carbonyl (C=O) groups excluding carboxylic acids is 1. The lowest BCUT2D eigenvalue weighted by atomic mass is 10.0. The van der Waals surface area contributed by atoms with E-state index in [4.69, 9.17) is 4.74 Å². The quantitative estimate of drug-likeness (QED) is 0.717. The summed E-state index contributed by atoms with van der Waals surface area (Å²) in [7, 11) is 1.39. The Morgan fingerprint density at radius 1 is 1.67 bits per heavy atom. The van der Waals surface area contributed by atoms with Gasteiger partial charge in [0.15, 0.2) is 0 Å². The van der Waals surface area contributed by atoms with Crippen LogP contribution < -0.4 is 5.32 Å². The number of hydrogen-bond acceptors (Lipinski definition) is 4. The molecular weight excluding hydrogens is 194 g/mol. The molecule has 0 aliphatic heterocycles. The maximum absolute atomic E-state index is 11.6. The summed E-state index contributed by atoms with van der Waals surface area (Å²) >= 11 is 0. The van der Waals surface area contributed by atoms with Crippen molar-refractivity contribution in [2.24, 2.45) is 0 Å². The predicted octanol–water partition coefficient (Wildman–Crippen LogP) is 0.424. The molecule has 84 valence electrons. The molecule has 5 nitrogen and oxygen atoms in total. The normalized spacial score (nSPS) is 14.6. The van der Waals surface area contributed by atoms with E-state index in [9.17, 15) is 4.79 Å². The molecule has 0 bridgehead atoms. The molecule has 0 saturated heterocycles. The maximum Gasteiger partial charge on any atom is 0.327 e. The molecule has 1 aromatic heterocycles. The Labute approximate surface area is 89.4 Å². The number of ether oxygens (including phenoxy) is 1. The number of nitrogens with zero attached hydrogens (tertiary/aromatic N) is 2. The van der Waals surface area contributed by atoms with E-state index in [0.717, 1.165) is 0 Å². The molecule has 0 spiro atoms. The molecule has 0 aliphatic rings. The van der Waals surface area contributed by atoms with Gasteiger partial charge in [-0.3, -0.25) is 0 Å². The molecule has 1 heterocycles. The molecule has 1 rings (SSSR count). The molecule has 0 amide bonds. The standard InChI is InChI=1S/C10H17N3O2/c1-4-12-10(2,9(14)15-3)7-13-6-5-11-8-13/h5-6,8,12H,4,7H2,1-3H3. The second-order valence-corrected chi connectivity index (χ2v) is 3.59. The number of nitrogens with one attached hydrogen (secondary N) is 1. The van der Waals surface area contributed by atoms with E-state index in [1.165, 1.54) is 7.11 Å². The summed E-state index contributed by atoms with van der Waals surface area (Å²) in [6, 6.07) is 0. The number of methoxy groups -OCH3 is 1. The largest absolute Gasteiger partial charge is 0.468 e. The van der Waals surface area contributed by atoms with Gasteiger partial charge in [-0.1, -0.05) is 6.92 Å². The SMILES string of the molecule is CCNC(C)(Cn1ccnc1)C(=O)OC. The monoisotopic (exact) mass is 211 g/mol. The van der Waals surface area contributed by atoms with Crippen molar-refractivity contribution >= 4 is 5.97 Å². The fourth-order valence-electron chi connectivity index (χ4n) is 1.55. The molecule has 1 atom stereocenters. The van der Waals surface area contributed by atoms with Gasteiger partial charge in [-0.05, 0) is 13.5 Å². The molecule has 5 heteroatoms. The van der Waals surface area contributed by atoms with Crippen LogP contribution in [0.1, 0.15) is 13.8 Å². The second-order valence-electron chi connectivity index (χ2n) is 3.59. The third-order valence-corrected chi connectivity index (χ3v) is 2.26. The van der Waals surface area contributed by atoms with Crippen molar-refractivity contribution in [2.45, 2.75) is 25.9 Å². The highest BCUT2D eigenvalue weighted by Gasteiger charge is 2.33. The average Bonchev–Trinajstić information content (AvgIpc) is 2.69. The minimum absolute atomic E-state index is 0.266. The van der Waals surface area contributed by atoms with Crippen LogP contribution in [0.5, 0.6) is 0 Å². The Kier molecular flexibility index (Phi) is 3.85. The van der Waals surface area contributed by atoms with E-state index in [0.29, 0.717) is 13.1 Å². The number of likely N-dealkylation sites (N-methyl/N-ethyl adjacent to an activating group) is 1. The Morgan fingerprint density at radius 3 is 2.87 bits per heavy atom. The van der Waals surface area contributed by atoms with Crippen LogP contribution in [0.3, 0.4) is 0 Å². The van der Waals surface area contributed by atoms with Crippen LogP contribution in [0.25, 0.3) is 0 Å². The first kappa shape index (κ1) is 11.7. The predicted molar refractivity (Wildman–Crippen MR) is 56.3 cm³/mol. The summed E-state index contributed by atoms with van der Waals surface area (Å²) in [4.78, 5) is 15.6. The van der Waals surface area contributed by atoms with Gasteiger partial charge in [0.2, 0.25) is 0 Å². The van der Waals surface area contributed by atoms with Gasteiger partial charge < -0.3 is 14.6 Å². The fourth-order valence-corrected chi connectivity index (χ4v) is 1.55.